The molecule has 2 aromatic carbocycles. The van der Waals surface area contributed by atoms with E-state index in [1.54, 1.807) is 31.2 Å². The molecule has 1 fully saturated rings. The predicted molar refractivity (Wildman–Crippen MR) is 137 cm³/mol. The highest BCUT2D eigenvalue weighted by atomic mass is 35.5. The average Bonchev–Trinajstić information content (AvgIpc) is 3.31. The van der Waals surface area contributed by atoms with Crippen LogP contribution in [0, 0.1) is 16.0 Å². The number of thiazole rings is 1. The van der Waals surface area contributed by atoms with E-state index < -0.39 is 44.7 Å². The molecule has 2 aliphatic rings. The fourth-order valence-corrected chi connectivity index (χ4v) is 7.50. The molecule has 0 aliphatic carbocycles. The van der Waals surface area contributed by atoms with Crippen molar-refractivity contribution in [3.63, 3.8) is 0 Å². The van der Waals surface area contributed by atoms with Crippen LogP contribution in [0.4, 0.5) is 11.4 Å². The van der Waals surface area contributed by atoms with Gasteiger partial charge in [0.2, 0.25) is 11.8 Å². The van der Waals surface area contributed by atoms with Gasteiger partial charge in [-0.15, -0.1) is 0 Å². The second kappa shape index (κ2) is 9.77. The Kier molecular flexibility index (Phi) is 6.65. The summed E-state index contributed by atoms with van der Waals surface area (Å²) in [5, 5.41) is 11.1. The van der Waals surface area contributed by atoms with E-state index in [4.69, 9.17) is 16.3 Å². The Bertz CT molecular complexity index is 1480. The number of benzene rings is 2. The number of rotatable bonds is 6. The smallest absolute Gasteiger partial charge is 0.326 e. The first kappa shape index (κ1) is 25.2. The molecule has 13 heteroatoms. The molecule has 2 aliphatic heterocycles. The van der Waals surface area contributed by atoms with E-state index in [1.807, 2.05) is 0 Å². The van der Waals surface area contributed by atoms with E-state index in [1.165, 1.54) is 28.8 Å². The molecule has 0 saturated carbocycles. The average molecular weight is 560 g/mol. The van der Waals surface area contributed by atoms with Crippen molar-refractivity contribution in [1.82, 2.24) is 4.57 Å². The maximum atomic E-state index is 13.8. The number of hydrogen-bond acceptors (Lipinski definition) is 9. The molecular weight excluding hydrogens is 542 g/mol. The van der Waals surface area contributed by atoms with Crippen LogP contribution in [0.1, 0.15) is 23.3 Å². The van der Waals surface area contributed by atoms with Gasteiger partial charge in [-0.1, -0.05) is 46.8 Å². The Hall–Kier alpha value is -3.48. The first-order chi connectivity index (χ1) is 17.7. The molecule has 2 unspecified atom stereocenters. The summed E-state index contributed by atoms with van der Waals surface area (Å²) in [7, 11) is 0. The number of ether oxygens (including phenoxy) is 1. The van der Waals surface area contributed by atoms with E-state index in [0.29, 0.717) is 20.5 Å². The van der Waals surface area contributed by atoms with Gasteiger partial charge in [0, 0.05) is 28.0 Å². The molecule has 3 atom stereocenters. The van der Waals surface area contributed by atoms with Crippen LogP contribution in [0.15, 0.2) is 58.4 Å². The number of anilines is 1. The van der Waals surface area contributed by atoms with Crippen LogP contribution in [-0.2, 0) is 25.7 Å². The maximum Gasteiger partial charge on any atom is 0.326 e. The Morgan fingerprint density at radius 1 is 1.08 bits per heavy atom. The number of nitrogens with zero attached hydrogens (tertiary/aromatic N) is 3. The number of thioether (sulfide) groups is 1. The number of non-ortho nitro benzene ring substituents is 1. The van der Waals surface area contributed by atoms with Crippen LogP contribution in [0.25, 0.3) is 0 Å². The number of fused-ring (bicyclic) bond motifs is 2. The Labute approximate surface area is 222 Å². The molecule has 37 heavy (non-hydrogen) atoms. The Morgan fingerprint density at radius 2 is 1.76 bits per heavy atom. The predicted octanol–water partition coefficient (Wildman–Crippen LogP) is 3.83. The third-order valence-electron chi connectivity index (χ3n) is 6.19. The lowest BCUT2D eigenvalue weighted by Gasteiger charge is -2.30. The zero-order valence-electron chi connectivity index (χ0n) is 19.2. The van der Waals surface area contributed by atoms with Gasteiger partial charge in [0.1, 0.15) is 11.8 Å². The summed E-state index contributed by atoms with van der Waals surface area (Å²) < 4.78 is 6.30. The molecular formula is C24H18ClN3O7S2. The van der Waals surface area contributed by atoms with Crippen molar-refractivity contribution in [2.75, 3.05) is 11.5 Å². The number of aromatic nitrogens is 1. The summed E-state index contributed by atoms with van der Waals surface area (Å²) in [6, 6.07) is 12.0. The zero-order valence-corrected chi connectivity index (χ0v) is 21.5. The largest absolute Gasteiger partial charge is 0.465 e. The number of nitro groups is 1. The third-order valence-corrected chi connectivity index (χ3v) is 9.05. The lowest BCUT2D eigenvalue weighted by Crippen LogP contribution is -2.32. The van der Waals surface area contributed by atoms with E-state index >= 15 is 0 Å². The number of imide groups is 1. The van der Waals surface area contributed by atoms with Crippen LogP contribution in [0.5, 0.6) is 0 Å². The standard InChI is InChI=1S/C24H18ClN3O7S2/c1-2-35-16(29)11-26-23-20(37-24(26)32)17(12-3-5-13(25)6-4-12)18-19(36-23)22(31)27(21(18)30)14-7-9-15(10-8-14)28(33)34/h3-10,17-19H,2,11H2,1H3/t17-,18?,19?/m1/s1. The molecule has 1 saturated heterocycles. The second-order valence-corrected chi connectivity index (χ2v) is 10.9. The Morgan fingerprint density at radius 3 is 2.38 bits per heavy atom. The van der Waals surface area contributed by atoms with Gasteiger partial charge in [0.15, 0.2) is 0 Å². The number of hydrogen-bond donors (Lipinski definition) is 0. The van der Waals surface area contributed by atoms with Gasteiger partial charge < -0.3 is 4.74 Å². The van der Waals surface area contributed by atoms with Crippen molar-refractivity contribution in [1.29, 1.82) is 0 Å². The maximum absolute atomic E-state index is 13.8. The SMILES string of the molecule is CCOC(=O)Cn1c2c(sc1=O)[C@H](c1ccc(Cl)cc1)C1C(=O)N(c3ccc([N+](=O)[O-])cc3)C(=O)C1S2. The van der Waals surface area contributed by atoms with Crippen molar-refractivity contribution >= 4 is 63.9 Å². The molecule has 0 radical (unpaired) electrons. The van der Waals surface area contributed by atoms with Gasteiger partial charge >= 0.3 is 10.8 Å². The quantitative estimate of drug-likeness (QED) is 0.193. The summed E-state index contributed by atoms with van der Waals surface area (Å²) in [4.78, 5) is 64.2. The first-order valence-corrected chi connectivity index (χ1v) is 13.2. The molecule has 1 aromatic heterocycles. The van der Waals surface area contributed by atoms with Gasteiger partial charge in [-0.05, 0) is 36.8 Å². The minimum absolute atomic E-state index is 0.155. The van der Waals surface area contributed by atoms with Gasteiger partial charge in [0.05, 0.1) is 28.2 Å². The van der Waals surface area contributed by atoms with E-state index in [-0.39, 0.29) is 24.5 Å². The third kappa shape index (κ3) is 4.34. The van der Waals surface area contributed by atoms with Gasteiger partial charge in [0.25, 0.3) is 5.69 Å². The van der Waals surface area contributed by atoms with E-state index in [9.17, 15) is 29.3 Å². The molecule has 3 heterocycles. The number of amides is 2. The van der Waals surface area contributed by atoms with Gasteiger partial charge in [-0.25, -0.2) is 4.90 Å². The van der Waals surface area contributed by atoms with E-state index in [2.05, 4.69) is 0 Å². The highest BCUT2D eigenvalue weighted by Gasteiger charge is 2.56. The normalized spacial score (nSPS) is 20.5. The summed E-state index contributed by atoms with van der Waals surface area (Å²) >= 11 is 8.09. The number of nitro benzene ring substituents is 1. The fourth-order valence-electron chi connectivity index (χ4n) is 4.60. The monoisotopic (exact) mass is 559 g/mol. The zero-order chi connectivity index (χ0) is 26.4. The number of carbonyl (C=O) groups is 3. The van der Waals surface area contributed by atoms with Crippen molar-refractivity contribution in [3.8, 4) is 0 Å². The lowest BCUT2D eigenvalue weighted by atomic mass is 9.83. The molecule has 10 nitrogen and oxygen atoms in total. The minimum atomic E-state index is -0.877. The van der Waals surface area contributed by atoms with E-state index in [0.717, 1.165) is 28.0 Å². The lowest BCUT2D eigenvalue weighted by molar-refractivity contribution is -0.384. The van der Waals surface area contributed by atoms with Crippen molar-refractivity contribution in [3.05, 3.63) is 83.8 Å². The molecule has 0 bridgehead atoms. The second-order valence-electron chi connectivity index (χ2n) is 8.31. The van der Waals surface area contributed by atoms with Crippen molar-refractivity contribution < 1.29 is 24.0 Å². The summed E-state index contributed by atoms with van der Waals surface area (Å²) in [6.07, 6.45) is 0. The van der Waals surface area contributed by atoms with Crippen LogP contribution < -0.4 is 9.77 Å². The van der Waals surface area contributed by atoms with Crippen molar-refractivity contribution in [2.24, 2.45) is 5.92 Å². The first-order valence-electron chi connectivity index (χ1n) is 11.1. The van der Waals surface area contributed by atoms with Crippen LogP contribution in [0.3, 0.4) is 0 Å². The summed E-state index contributed by atoms with van der Waals surface area (Å²) in [5.41, 5.74) is 0.744. The minimum Gasteiger partial charge on any atom is -0.465 e. The molecule has 0 spiro atoms. The van der Waals surface area contributed by atoms with Gasteiger partial charge in [-0.3, -0.25) is 33.9 Å². The highest BCUT2D eigenvalue weighted by molar-refractivity contribution is 8.00. The van der Waals surface area contributed by atoms with Crippen molar-refractivity contribution in [2.45, 2.75) is 29.7 Å². The molecule has 190 valence electrons. The molecule has 5 rings (SSSR count). The highest BCUT2D eigenvalue weighted by Crippen LogP contribution is 2.54. The summed E-state index contributed by atoms with van der Waals surface area (Å²) in [6.45, 7) is 1.50. The van der Waals surface area contributed by atoms with Crippen LogP contribution in [-0.4, -0.2) is 39.1 Å². The number of esters is 1. The molecule has 0 N–H and O–H groups in total. The Balaban J connectivity index is 1.61. The fraction of sp³-hybridized carbons (Fsp3) is 0.250. The molecule has 3 aromatic rings. The van der Waals surface area contributed by atoms with Crippen LogP contribution in [0.2, 0.25) is 5.02 Å². The number of halogens is 1. The van der Waals surface area contributed by atoms with Gasteiger partial charge in [-0.2, -0.15) is 0 Å². The molecule has 2 amide bonds. The number of carbonyl (C=O) groups excluding carboxylic acids is 3. The topological polar surface area (TPSA) is 129 Å². The van der Waals surface area contributed by atoms with Crippen LogP contribution >= 0.6 is 34.7 Å². The summed E-state index contributed by atoms with van der Waals surface area (Å²) in [5.74, 6) is -3.04.